The maximum absolute atomic E-state index is 12.7. The fraction of sp³-hybridized carbons (Fsp3) is 0.235. The van der Waals surface area contributed by atoms with Gasteiger partial charge in [0.2, 0.25) is 5.91 Å². The van der Waals surface area contributed by atoms with E-state index < -0.39 is 10.0 Å². The Labute approximate surface area is 140 Å². The molecule has 4 nitrogen and oxygen atoms in total. The molecule has 120 valence electrons. The number of amides is 1. The van der Waals surface area contributed by atoms with Gasteiger partial charge in [0.05, 0.1) is 10.1 Å². The van der Waals surface area contributed by atoms with E-state index in [0.717, 1.165) is 9.20 Å². The van der Waals surface area contributed by atoms with E-state index in [-0.39, 0.29) is 22.6 Å². The highest BCUT2D eigenvalue weighted by molar-refractivity contribution is 8.00. The van der Waals surface area contributed by atoms with E-state index in [1.165, 1.54) is 23.9 Å². The highest BCUT2D eigenvalue weighted by Crippen LogP contribution is 2.32. The van der Waals surface area contributed by atoms with Gasteiger partial charge in [0.25, 0.3) is 10.0 Å². The zero-order valence-corrected chi connectivity index (χ0v) is 14.1. The monoisotopic (exact) mass is 347 g/mol. The van der Waals surface area contributed by atoms with Crippen molar-refractivity contribution in [1.29, 1.82) is 0 Å². The van der Waals surface area contributed by atoms with Gasteiger partial charge in [0.15, 0.2) is 0 Å². The normalized spacial score (nSPS) is 18.9. The SMILES string of the molecule is O=C1C(Sc2ccccc2)CCCN1S(=O)(=O)c1ccccc1. The maximum Gasteiger partial charge on any atom is 0.266 e. The van der Waals surface area contributed by atoms with Crippen LogP contribution in [0, 0.1) is 0 Å². The summed E-state index contributed by atoms with van der Waals surface area (Å²) < 4.78 is 26.4. The van der Waals surface area contributed by atoms with Crippen molar-refractivity contribution in [3.63, 3.8) is 0 Å². The number of thioether (sulfide) groups is 1. The van der Waals surface area contributed by atoms with Crippen molar-refractivity contribution >= 4 is 27.7 Å². The van der Waals surface area contributed by atoms with E-state index >= 15 is 0 Å². The Bertz CT molecular complexity index is 776. The van der Waals surface area contributed by atoms with Crippen LogP contribution >= 0.6 is 11.8 Å². The van der Waals surface area contributed by atoms with Crippen LogP contribution in [0.4, 0.5) is 0 Å². The summed E-state index contributed by atoms with van der Waals surface area (Å²) in [6.45, 7) is 0.252. The van der Waals surface area contributed by atoms with Gasteiger partial charge >= 0.3 is 0 Å². The summed E-state index contributed by atoms with van der Waals surface area (Å²) in [5.74, 6) is -0.325. The van der Waals surface area contributed by atoms with Crippen molar-refractivity contribution in [2.24, 2.45) is 0 Å². The number of rotatable bonds is 4. The van der Waals surface area contributed by atoms with E-state index in [1.807, 2.05) is 30.3 Å². The summed E-state index contributed by atoms with van der Waals surface area (Å²) in [5.41, 5.74) is 0. The molecule has 0 N–H and O–H groups in total. The second-order valence-corrected chi connectivity index (χ2v) is 8.43. The Kier molecular flexibility index (Phi) is 4.73. The van der Waals surface area contributed by atoms with E-state index in [0.29, 0.717) is 12.8 Å². The number of carbonyl (C=O) groups excluding carboxylic acids is 1. The van der Waals surface area contributed by atoms with Gasteiger partial charge in [0.1, 0.15) is 0 Å². The minimum atomic E-state index is -3.77. The molecule has 3 rings (SSSR count). The molecule has 0 bridgehead atoms. The number of sulfonamides is 1. The first-order chi connectivity index (χ1) is 11.1. The van der Waals surface area contributed by atoms with Crippen molar-refractivity contribution in [3.8, 4) is 0 Å². The number of benzene rings is 2. The molecule has 1 amide bonds. The number of hydrogen-bond acceptors (Lipinski definition) is 4. The standard InChI is InChI=1S/C17H17NO3S2/c19-17-16(22-14-8-3-1-4-9-14)12-7-13-18(17)23(20,21)15-10-5-2-6-11-15/h1-6,8-11,16H,7,12-13H2. The molecule has 1 aliphatic rings. The van der Waals surface area contributed by atoms with Crippen LogP contribution in [0.5, 0.6) is 0 Å². The topological polar surface area (TPSA) is 54.5 Å². The van der Waals surface area contributed by atoms with E-state index in [9.17, 15) is 13.2 Å². The van der Waals surface area contributed by atoms with Gasteiger partial charge in [-0.1, -0.05) is 36.4 Å². The van der Waals surface area contributed by atoms with Crippen molar-refractivity contribution < 1.29 is 13.2 Å². The predicted octanol–water partition coefficient (Wildman–Crippen LogP) is 3.16. The summed E-state index contributed by atoms with van der Waals surface area (Å²) in [6.07, 6.45) is 1.38. The molecule has 23 heavy (non-hydrogen) atoms. The van der Waals surface area contributed by atoms with Gasteiger partial charge < -0.3 is 0 Å². The lowest BCUT2D eigenvalue weighted by molar-refractivity contribution is -0.127. The molecule has 0 radical (unpaired) electrons. The average molecular weight is 347 g/mol. The predicted molar refractivity (Wildman–Crippen MR) is 90.7 cm³/mol. The third kappa shape index (κ3) is 3.43. The highest BCUT2D eigenvalue weighted by atomic mass is 32.2. The molecule has 1 saturated heterocycles. The molecule has 2 aromatic rings. The van der Waals surface area contributed by atoms with E-state index in [4.69, 9.17) is 0 Å². The number of piperidine rings is 1. The third-order valence-electron chi connectivity index (χ3n) is 3.70. The second kappa shape index (κ2) is 6.76. The Balaban J connectivity index is 1.83. The van der Waals surface area contributed by atoms with Crippen molar-refractivity contribution in [3.05, 3.63) is 60.7 Å². The smallest absolute Gasteiger partial charge is 0.266 e. The summed E-state index contributed by atoms with van der Waals surface area (Å²) in [5, 5.41) is -0.357. The molecule has 0 aromatic heterocycles. The average Bonchev–Trinajstić information content (AvgIpc) is 2.58. The van der Waals surface area contributed by atoms with Crippen LogP contribution < -0.4 is 0 Å². The molecule has 1 heterocycles. The maximum atomic E-state index is 12.7. The minimum Gasteiger partial charge on any atom is -0.272 e. The zero-order chi connectivity index (χ0) is 16.3. The van der Waals surface area contributed by atoms with Crippen LogP contribution in [0.25, 0.3) is 0 Å². The van der Waals surface area contributed by atoms with Gasteiger partial charge in [-0.2, -0.15) is 0 Å². The summed E-state index contributed by atoms with van der Waals surface area (Å²) >= 11 is 1.43. The molecule has 6 heteroatoms. The minimum absolute atomic E-state index is 0.165. The van der Waals surface area contributed by atoms with Gasteiger partial charge in [-0.05, 0) is 37.1 Å². The molecule has 1 atom stereocenters. The molecule has 2 aromatic carbocycles. The van der Waals surface area contributed by atoms with E-state index in [1.54, 1.807) is 18.2 Å². The first kappa shape index (κ1) is 16.1. The highest BCUT2D eigenvalue weighted by Gasteiger charge is 2.37. The first-order valence-electron chi connectivity index (χ1n) is 7.42. The quantitative estimate of drug-likeness (QED) is 0.852. The third-order valence-corrected chi connectivity index (χ3v) is 6.78. The second-order valence-electron chi connectivity index (χ2n) is 5.29. The number of nitrogens with zero attached hydrogens (tertiary/aromatic N) is 1. The lowest BCUT2D eigenvalue weighted by atomic mass is 10.1. The lowest BCUT2D eigenvalue weighted by Gasteiger charge is -2.31. The molecule has 1 unspecified atom stereocenters. The van der Waals surface area contributed by atoms with Crippen molar-refractivity contribution in [2.75, 3.05) is 6.54 Å². The van der Waals surface area contributed by atoms with Crippen LogP contribution in [0.2, 0.25) is 0 Å². The van der Waals surface area contributed by atoms with E-state index in [2.05, 4.69) is 0 Å². The van der Waals surface area contributed by atoms with Crippen molar-refractivity contribution in [1.82, 2.24) is 4.31 Å². The van der Waals surface area contributed by atoms with Crippen LogP contribution in [0.3, 0.4) is 0 Å². The molecule has 0 saturated carbocycles. The van der Waals surface area contributed by atoms with Crippen molar-refractivity contribution in [2.45, 2.75) is 27.9 Å². The van der Waals surface area contributed by atoms with Crippen LogP contribution in [0.1, 0.15) is 12.8 Å². The molecule has 1 fully saturated rings. The van der Waals surface area contributed by atoms with Gasteiger partial charge in [-0.25, -0.2) is 12.7 Å². The van der Waals surface area contributed by atoms with Crippen LogP contribution in [0.15, 0.2) is 70.5 Å². The van der Waals surface area contributed by atoms with Gasteiger partial charge in [-0.3, -0.25) is 4.79 Å². The number of hydrogen-bond donors (Lipinski definition) is 0. The number of carbonyl (C=O) groups is 1. The largest absolute Gasteiger partial charge is 0.272 e. The lowest BCUT2D eigenvalue weighted by Crippen LogP contribution is -2.46. The Morgan fingerprint density at radius 1 is 0.957 bits per heavy atom. The van der Waals surface area contributed by atoms with Crippen LogP contribution in [-0.4, -0.2) is 30.4 Å². The molecular weight excluding hydrogens is 330 g/mol. The fourth-order valence-electron chi connectivity index (χ4n) is 2.55. The summed E-state index contributed by atoms with van der Waals surface area (Å²) in [7, 11) is -3.77. The molecule has 0 aliphatic carbocycles. The first-order valence-corrected chi connectivity index (χ1v) is 9.74. The fourth-order valence-corrected chi connectivity index (χ4v) is 5.26. The van der Waals surface area contributed by atoms with Crippen LogP contribution in [-0.2, 0) is 14.8 Å². The van der Waals surface area contributed by atoms with Gasteiger partial charge in [-0.15, -0.1) is 11.8 Å². The van der Waals surface area contributed by atoms with Gasteiger partial charge in [0, 0.05) is 11.4 Å². The molecule has 1 aliphatic heterocycles. The zero-order valence-electron chi connectivity index (χ0n) is 12.5. The summed E-state index contributed by atoms with van der Waals surface area (Å²) in [6, 6.07) is 17.7. The molecular formula is C17H17NO3S2. The Morgan fingerprint density at radius 3 is 2.22 bits per heavy atom. The Hall–Kier alpha value is -1.79. The Morgan fingerprint density at radius 2 is 1.57 bits per heavy atom. The summed E-state index contributed by atoms with van der Waals surface area (Å²) in [4.78, 5) is 13.8. The molecule has 0 spiro atoms.